The molecule has 0 heterocycles. The molecule has 0 aliphatic heterocycles. The van der Waals surface area contributed by atoms with E-state index in [1.165, 1.54) is 24.3 Å². The summed E-state index contributed by atoms with van der Waals surface area (Å²) < 4.78 is 33.9. The second kappa shape index (κ2) is 9.57. The van der Waals surface area contributed by atoms with Gasteiger partial charge in [-0.15, -0.1) is 0 Å². The van der Waals surface area contributed by atoms with Crippen LogP contribution in [0.5, 0.6) is 5.75 Å². The highest BCUT2D eigenvalue weighted by molar-refractivity contribution is 7.93. The van der Waals surface area contributed by atoms with Crippen LogP contribution < -0.4 is 9.04 Å². The van der Waals surface area contributed by atoms with E-state index in [4.69, 9.17) is 16.3 Å². The largest absolute Gasteiger partial charge is 0.483 e. The average molecular weight is 486 g/mol. The highest BCUT2D eigenvalue weighted by Gasteiger charge is 2.33. The molecule has 0 saturated heterocycles. The highest BCUT2D eigenvalue weighted by Crippen LogP contribution is 2.32. The van der Waals surface area contributed by atoms with E-state index in [0.717, 1.165) is 15.4 Å². The molecule has 0 unspecified atom stereocenters. The number of hydrogen-bond donors (Lipinski definition) is 0. The molecule has 1 amide bonds. The molecule has 0 aromatic heterocycles. The molecule has 5 nitrogen and oxygen atoms in total. The van der Waals surface area contributed by atoms with Crippen LogP contribution >= 0.6 is 11.6 Å². The summed E-state index contributed by atoms with van der Waals surface area (Å²) in [6.07, 6.45) is 0. The highest BCUT2D eigenvalue weighted by atomic mass is 35.5. The van der Waals surface area contributed by atoms with Gasteiger partial charge in [-0.25, -0.2) is 8.42 Å². The smallest absolute Gasteiger partial charge is 0.278 e. The number of carbonyl (C=O) groups is 1. The molecule has 0 aliphatic rings. The van der Waals surface area contributed by atoms with Crippen molar-refractivity contribution < 1.29 is 17.9 Å². The number of aryl methyl sites for hydroxylation is 2. The minimum Gasteiger partial charge on any atom is -0.483 e. The molecule has 0 atom stereocenters. The van der Waals surface area contributed by atoms with Crippen LogP contribution in [-0.2, 0) is 20.2 Å². The first-order chi connectivity index (χ1) is 15.4. The van der Waals surface area contributed by atoms with Crippen LogP contribution in [0.4, 0.5) is 5.69 Å². The van der Waals surface area contributed by atoms with Gasteiger partial charge in [-0.2, -0.15) is 4.31 Å². The van der Waals surface area contributed by atoms with E-state index >= 15 is 0 Å². The fraction of sp³-hybridized carbons (Fsp3) is 0.269. The lowest BCUT2D eigenvalue weighted by Crippen LogP contribution is -2.40. The first-order valence-corrected chi connectivity index (χ1v) is 12.4. The Morgan fingerprint density at radius 3 is 2.24 bits per heavy atom. The van der Waals surface area contributed by atoms with Crippen molar-refractivity contribution in [3.8, 4) is 5.75 Å². The summed E-state index contributed by atoms with van der Waals surface area (Å²) in [7, 11) is -4.21. The molecule has 0 radical (unpaired) electrons. The zero-order valence-electron chi connectivity index (χ0n) is 19.4. The van der Waals surface area contributed by atoms with Crippen molar-refractivity contribution in [2.45, 2.75) is 44.9 Å². The van der Waals surface area contributed by atoms with Crippen molar-refractivity contribution in [2.75, 3.05) is 10.9 Å². The van der Waals surface area contributed by atoms with Crippen molar-refractivity contribution in [3.05, 3.63) is 88.4 Å². The van der Waals surface area contributed by atoms with Crippen LogP contribution in [0.3, 0.4) is 0 Å². The third kappa shape index (κ3) is 5.57. The van der Waals surface area contributed by atoms with Gasteiger partial charge in [-0.3, -0.25) is 4.79 Å². The van der Waals surface area contributed by atoms with Crippen LogP contribution in [0.15, 0.2) is 71.6 Å². The first kappa shape index (κ1) is 24.8. The van der Waals surface area contributed by atoms with Crippen LogP contribution in [0.25, 0.3) is 0 Å². The predicted molar refractivity (Wildman–Crippen MR) is 133 cm³/mol. The van der Waals surface area contributed by atoms with Gasteiger partial charge in [0, 0.05) is 5.02 Å². The molecule has 7 heteroatoms. The van der Waals surface area contributed by atoms with Crippen LogP contribution in [0, 0.1) is 13.8 Å². The topological polar surface area (TPSA) is 63.7 Å². The number of para-hydroxylation sites is 1. The Balaban J connectivity index is 2.03. The van der Waals surface area contributed by atoms with E-state index in [-0.39, 0.29) is 10.3 Å². The Morgan fingerprint density at radius 2 is 1.61 bits per heavy atom. The number of sulfonamides is 1. The summed E-state index contributed by atoms with van der Waals surface area (Å²) in [6.45, 7) is 9.31. The molecule has 33 heavy (non-hydrogen) atoms. The average Bonchev–Trinajstić information content (AvgIpc) is 2.74. The van der Waals surface area contributed by atoms with E-state index in [1.54, 1.807) is 25.1 Å². The van der Waals surface area contributed by atoms with Gasteiger partial charge >= 0.3 is 0 Å². The molecule has 0 saturated carbocycles. The number of amides is 1. The molecule has 3 aromatic rings. The van der Waals surface area contributed by atoms with Crippen molar-refractivity contribution in [2.24, 2.45) is 0 Å². The van der Waals surface area contributed by atoms with Gasteiger partial charge in [-0.05, 0) is 72.4 Å². The number of anilines is 1. The van der Waals surface area contributed by atoms with Gasteiger partial charge in [0.1, 0.15) is 5.75 Å². The molecular weight excluding hydrogens is 458 g/mol. The molecule has 0 bridgehead atoms. The van der Waals surface area contributed by atoms with Crippen molar-refractivity contribution in [1.29, 1.82) is 0 Å². The van der Waals surface area contributed by atoms with Crippen molar-refractivity contribution in [3.63, 3.8) is 0 Å². The van der Waals surface area contributed by atoms with E-state index in [2.05, 4.69) is 0 Å². The van der Waals surface area contributed by atoms with Gasteiger partial charge in [0.25, 0.3) is 15.9 Å². The normalized spacial score (nSPS) is 11.8. The van der Waals surface area contributed by atoms with Crippen molar-refractivity contribution in [1.82, 2.24) is 0 Å². The van der Waals surface area contributed by atoms with Gasteiger partial charge in [0.2, 0.25) is 0 Å². The zero-order valence-corrected chi connectivity index (χ0v) is 21.0. The maximum Gasteiger partial charge on any atom is 0.278 e. The number of carbonyl (C=O) groups excluding carboxylic acids is 1. The Kier molecular flexibility index (Phi) is 7.20. The lowest BCUT2D eigenvalue weighted by atomic mass is 9.86. The monoisotopic (exact) mass is 485 g/mol. The fourth-order valence-electron chi connectivity index (χ4n) is 3.46. The molecule has 0 N–H and O–H groups in total. The number of halogens is 1. The second-order valence-corrected chi connectivity index (χ2v) is 11.2. The summed E-state index contributed by atoms with van der Waals surface area (Å²) in [4.78, 5) is 13.4. The fourth-order valence-corrected chi connectivity index (χ4v) is 5.05. The summed E-state index contributed by atoms with van der Waals surface area (Å²) in [6, 6.07) is 18.5. The third-order valence-electron chi connectivity index (χ3n) is 5.21. The lowest BCUT2D eigenvalue weighted by molar-refractivity contribution is -0.119. The maximum atomic E-state index is 13.6. The maximum absolute atomic E-state index is 13.6. The van der Waals surface area contributed by atoms with Gasteiger partial charge in [-0.1, -0.05) is 62.7 Å². The summed E-state index contributed by atoms with van der Waals surface area (Å²) in [5.74, 6) is -0.148. The first-order valence-electron chi connectivity index (χ1n) is 10.5. The number of rotatable bonds is 6. The summed E-state index contributed by atoms with van der Waals surface area (Å²) >= 11 is 5.94. The molecule has 0 spiro atoms. The Bertz CT molecular complexity index is 1260. The second-order valence-electron chi connectivity index (χ2n) is 8.94. The standard InChI is InChI=1S/C26H28ClNO4S/c1-18-10-11-19(2)23(16-18)28(33(30,31)21-14-12-20(27)13-15-21)25(29)17-32-24-9-7-6-8-22(24)26(3,4)5/h6-16H,17H2,1-5H3. The minimum absolute atomic E-state index is 0.0313. The Labute approximate surface area is 201 Å². The SMILES string of the molecule is Cc1ccc(C)c(N(C(=O)COc2ccccc2C(C)(C)C)S(=O)(=O)c2ccc(Cl)cc2)c1. The van der Waals surface area contributed by atoms with Crippen LogP contribution in [0.2, 0.25) is 5.02 Å². The number of hydrogen-bond acceptors (Lipinski definition) is 4. The van der Waals surface area contributed by atoms with Gasteiger partial charge < -0.3 is 4.74 Å². The molecule has 0 fully saturated rings. The van der Waals surface area contributed by atoms with E-state index in [0.29, 0.717) is 22.0 Å². The molecular formula is C26H28ClNO4S. The third-order valence-corrected chi connectivity index (χ3v) is 7.21. The lowest BCUT2D eigenvalue weighted by Gasteiger charge is -2.26. The van der Waals surface area contributed by atoms with Gasteiger partial charge in [0.05, 0.1) is 10.6 Å². The molecule has 3 aromatic carbocycles. The van der Waals surface area contributed by atoms with Gasteiger partial charge in [0.15, 0.2) is 6.61 Å². The number of benzene rings is 3. The predicted octanol–water partition coefficient (Wildman–Crippen LogP) is 6.06. The molecule has 3 rings (SSSR count). The Morgan fingerprint density at radius 1 is 0.970 bits per heavy atom. The van der Waals surface area contributed by atoms with Crippen LogP contribution in [0.1, 0.15) is 37.5 Å². The zero-order chi connectivity index (χ0) is 24.4. The summed E-state index contributed by atoms with van der Waals surface area (Å²) in [5.41, 5.74) is 2.50. The van der Waals surface area contributed by atoms with Crippen molar-refractivity contribution >= 4 is 33.2 Å². The van der Waals surface area contributed by atoms with Crippen LogP contribution in [-0.4, -0.2) is 20.9 Å². The quantitative estimate of drug-likeness (QED) is 0.426. The Hall–Kier alpha value is -2.83. The summed E-state index contributed by atoms with van der Waals surface area (Å²) in [5, 5.41) is 0.403. The minimum atomic E-state index is -4.21. The molecule has 0 aliphatic carbocycles. The van der Waals surface area contributed by atoms with E-state index in [9.17, 15) is 13.2 Å². The number of ether oxygens (including phenoxy) is 1. The molecule has 174 valence electrons. The van der Waals surface area contributed by atoms with E-state index in [1.807, 2.05) is 52.0 Å². The number of nitrogens with zero attached hydrogens (tertiary/aromatic N) is 1. The van der Waals surface area contributed by atoms with E-state index < -0.39 is 22.5 Å².